The van der Waals surface area contributed by atoms with Gasteiger partial charge in [-0.2, -0.15) is 5.26 Å². The molecule has 0 spiro atoms. The smallest absolute Gasteiger partial charge is 0.357 e. The van der Waals surface area contributed by atoms with E-state index in [1.807, 2.05) is 48.5 Å². The van der Waals surface area contributed by atoms with Gasteiger partial charge in [0.15, 0.2) is 10.0 Å². The number of nitriles is 1. The van der Waals surface area contributed by atoms with Crippen LogP contribution in [-0.4, -0.2) is 22.6 Å². The number of benzene rings is 2. The number of anilines is 1. The first kappa shape index (κ1) is 18.1. The van der Waals surface area contributed by atoms with E-state index in [2.05, 4.69) is 11.1 Å². The van der Waals surface area contributed by atoms with E-state index in [9.17, 15) is 10.1 Å². The molecule has 6 nitrogen and oxygen atoms in total. The van der Waals surface area contributed by atoms with Crippen LogP contribution in [0.3, 0.4) is 0 Å². The summed E-state index contributed by atoms with van der Waals surface area (Å²) in [5.41, 5.74) is 8.13. The van der Waals surface area contributed by atoms with Gasteiger partial charge >= 0.3 is 5.97 Å². The average molecular weight is 406 g/mol. The number of aromatic nitrogens is 2. The van der Waals surface area contributed by atoms with Gasteiger partial charge in [-0.05, 0) is 36.4 Å². The van der Waals surface area contributed by atoms with Crippen LogP contribution < -0.4 is 5.73 Å². The number of methoxy groups -OCH3 is 1. The van der Waals surface area contributed by atoms with E-state index in [1.165, 1.54) is 13.3 Å². The molecular weight excluding hydrogens is 392 g/mol. The fourth-order valence-corrected chi connectivity index (χ4v) is 4.83. The number of carbonyl (C=O) groups excluding carboxylic acids is 1. The van der Waals surface area contributed by atoms with Gasteiger partial charge in [0.1, 0.15) is 6.07 Å². The summed E-state index contributed by atoms with van der Waals surface area (Å²) in [4.78, 5) is 17.7. The highest BCUT2D eigenvalue weighted by Gasteiger charge is 2.21. The lowest BCUT2D eigenvalue weighted by molar-refractivity contribution is 0.0593. The number of ether oxygens (including phenoxy) is 1. The average Bonchev–Trinajstić information content (AvgIpc) is 3.28. The van der Waals surface area contributed by atoms with E-state index in [-0.39, 0.29) is 16.9 Å². The highest BCUT2D eigenvalue weighted by atomic mass is 32.2. The van der Waals surface area contributed by atoms with E-state index >= 15 is 0 Å². The Labute approximate surface area is 169 Å². The third kappa shape index (κ3) is 3.22. The number of esters is 1. The highest BCUT2D eigenvalue weighted by molar-refractivity contribution is 8.01. The van der Waals surface area contributed by atoms with Crippen LogP contribution in [0.1, 0.15) is 16.1 Å². The normalized spacial score (nSPS) is 10.7. The molecule has 2 aromatic heterocycles. The Hall–Kier alpha value is -3.28. The molecule has 138 valence electrons. The molecular formula is C20H14N4O2S2. The molecule has 0 bridgehead atoms. The lowest BCUT2D eigenvalue weighted by Crippen LogP contribution is -2.11. The molecule has 2 heterocycles. The first-order valence-electron chi connectivity index (χ1n) is 8.24. The fourth-order valence-electron chi connectivity index (χ4n) is 2.79. The molecule has 4 rings (SSSR count). The quantitative estimate of drug-likeness (QED) is 0.502. The van der Waals surface area contributed by atoms with Gasteiger partial charge < -0.3 is 15.0 Å². The van der Waals surface area contributed by atoms with Crippen molar-refractivity contribution in [3.05, 3.63) is 66.0 Å². The summed E-state index contributed by atoms with van der Waals surface area (Å²) in [5.74, 6) is -0.591. The van der Waals surface area contributed by atoms with Gasteiger partial charge in [-0.1, -0.05) is 23.9 Å². The summed E-state index contributed by atoms with van der Waals surface area (Å²) in [5, 5.41) is 9.22. The van der Waals surface area contributed by atoms with Crippen molar-refractivity contribution in [2.75, 3.05) is 12.8 Å². The number of carbonyl (C=O) groups is 1. The second-order valence-electron chi connectivity index (χ2n) is 5.82. The minimum atomic E-state index is -0.591. The minimum Gasteiger partial charge on any atom is -0.464 e. The second-order valence-corrected chi connectivity index (χ2v) is 8.17. The van der Waals surface area contributed by atoms with Crippen LogP contribution >= 0.6 is 23.1 Å². The number of nitrogens with zero attached hydrogens (tertiary/aromatic N) is 3. The van der Waals surface area contributed by atoms with Crippen LogP contribution in [0.15, 0.2) is 64.0 Å². The SMILES string of the molecule is COC(=O)c1c(N)c(C#N)cn1-c1ccc(Sc2nc3ccccc3s2)cc1. The third-order valence-electron chi connectivity index (χ3n) is 4.14. The molecule has 0 unspecified atom stereocenters. The molecule has 0 amide bonds. The summed E-state index contributed by atoms with van der Waals surface area (Å²) in [6.07, 6.45) is 1.54. The van der Waals surface area contributed by atoms with E-state index < -0.39 is 5.97 Å². The Kier molecular flexibility index (Phi) is 4.77. The Morgan fingerprint density at radius 3 is 2.68 bits per heavy atom. The van der Waals surface area contributed by atoms with E-state index in [0.29, 0.717) is 5.69 Å². The van der Waals surface area contributed by atoms with Gasteiger partial charge in [-0.25, -0.2) is 9.78 Å². The van der Waals surface area contributed by atoms with Gasteiger partial charge in [-0.3, -0.25) is 0 Å². The first-order chi connectivity index (χ1) is 13.6. The van der Waals surface area contributed by atoms with Crippen molar-refractivity contribution >= 4 is 45.0 Å². The zero-order valence-electron chi connectivity index (χ0n) is 14.7. The molecule has 2 aromatic carbocycles. The number of nitrogen functional groups attached to an aromatic ring is 1. The Morgan fingerprint density at radius 1 is 1.25 bits per heavy atom. The topological polar surface area (TPSA) is 93.9 Å². The number of hydrogen-bond acceptors (Lipinski definition) is 7. The number of para-hydroxylation sites is 1. The Bertz CT molecular complexity index is 1190. The van der Waals surface area contributed by atoms with Gasteiger partial charge in [0.25, 0.3) is 0 Å². The molecule has 0 radical (unpaired) electrons. The number of thiazole rings is 1. The highest BCUT2D eigenvalue weighted by Crippen LogP contribution is 2.35. The fraction of sp³-hybridized carbons (Fsp3) is 0.0500. The third-order valence-corrected chi connectivity index (χ3v) is 6.24. The van der Waals surface area contributed by atoms with Crippen LogP contribution in [-0.2, 0) is 4.74 Å². The van der Waals surface area contributed by atoms with Gasteiger partial charge in [0, 0.05) is 16.8 Å². The van der Waals surface area contributed by atoms with Crippen molar-refractivity contribution in [1.29, 1.82) is 5.26 Å². The summed E-state index contributed by atoms with van der Waals surface area (Å²) in [6, 6.07) is 17.6. The standard InChI is InChI=1S/C20H14N4O2S2/c1-26-19(25)18-17(22)12(10-21)11-24(18)13-6-8-14(9-7-13)27-20-23-15-4-2-3-5-16(15)28-20/h2-9,11H,22H2,1H3. The molecule has 0 saturated heterocycles. The van der Waals surface area contributed by atoms with Crippen molar-refractivity contribution in [2.45, 2.75) is 9.24 Å². The predicted molar refractivity (Wildman–Crippen MR) is 110 cm³/mol. The maximum absolute atomic E-state index is 12.1. The van der Waals surface area contributed by atoms with E-state index in [0.717, 1.165) is 19.5 Å². The largest absolute Gasteiger partial charge is 0.464 e. The molecule has 2 N–H and O–H groups in total. The van der Waals surface area contributed by atoms with E-state index in [1.54, 1.807) is 27.7 Å². The number of hydrogen-bond donors (Lipinski definition) is 1. The molecule has 0 atom stereocenters. The summed E-state index contributed by atoms with van der Waals surface area (Å²) in [7, 11) is 1.28. The zero-order chi connectivity index (χ0) is 19.7. The van der Waals surface area contributed by atoms with Gasteiger partial charge in [0.05, 0.1) is 28.6 Å². The molecule has 4 aromatic rings. The molecule has 0 saturated carbocycles. The molecule has 0 fully saturated rings. The van der Waals surface area contributed by atoms with Crippen LogP contribution in [0, 0.1) is 11.3 Å². The van der Waals surface area contributed by atoms with Crippen molar-refractivity contribution in [2.24, 2.45) is 0 Å². The monoisotopic (exact) mass is 406 g/mol. The zero-order valence-corrected chi connectivity index (χ0v) is 16.4. The lowest BCUT2D eigenvalue weighted by atomic mass is 10.2. The molecule has 28 heavy (non-hydrogen) atoms. The lowest BCUT2D eigenvalue weighted by Gasteiger charge is -2.09. The Balaban J connectivity index is 1.65. The maximum Gasteiger partial charge on any atom is 0.357 e. The predicted octanol–water partition coefficient (Wildman–Crippen LogP) is 4.48. The molecule has 0 aliphatic rings. The molecule has 0 aliphatic heterocycles. The first-order valence-corrected chi connectivity index (χ1v) is 9.87. The second kappa shape index (κ2) is 7.38. The van der Waals surface area contributed by atoms with Crippen molar-refractivity contribution in [1.82, 2.24) is 9.55 Å². The van der Waals surface area contributed by atoms with Crippen LogP contribution in [0.4, 0.5) is 5.69 Å². The van der Waals surface area contributed by atoms with Crippen LogP contribution in [0.5, 0.6) is 0 Å². The summed E-state index contributed by atoms with van der Waals surface area (Å²) >= 11 is 3.22. The number of rotatable bonds is 4. The van der Waals surface area contributed by atoms with Gasteiger partial charge in [-0.15, -0.1) is 11.3 Å². The maximum atomic E-state index is 12.1. The molecule has 0 aliphatic carbocycles. The van der Waals surface area contributed by atoms with Crippen LogP contribution in [0.2, 0.25) is 0 Å². The van der Waals surface area contributed by atoms with Crippen LogP contribution in [0.25, 0.3) is 15.9 Å². The minimum absolute atomic E-state index is 0.113. The number of fused-ring (bicyclic) bond motifs is 1. The molecule has 8 heteroatoms. The van der Waals surface area contributed by atoms with Crippen molar-refractivity contribution in [3.8, 4) is 11.8 Å². The van der Waals surface area contributed by atoms with E-state index in [4.69, 9.17) is 10.5 Å². The van der Waals surface area contributed by atoms with Crippen molar-refractivity contribution < 1.29 is 9.53 Å². The van der Waals surface area contributed by atoms with Gasteiger partial charge in [0.2, 0.25) is 0 Å². The summed E-state index contributed by atoms with van der Waals surface area (Å²) in [6.45, 7) is 0. The summed E-state index contributed by atoms with van der Waals surface area (Å²) < 4.78 is 8.49. The number of nitrogens with two attached hydrogens (primary N) is 1. The Morgan fingerprint density at radius 2 is 2.00 bits per heavy atom. The van der Waals surface area contributed by atoms with Crippen molar-refractivity contribution in [3.63, 3.8) is 0 Å².